The third-order valence-electron chi connectivity index (χ3n) is 2.73. The van der Waals surface area contributed by atoms with Gasteiger partial charge in [-0.2, -0.15) is 13.2 Å². The molecule has 0 saturated carbocycles. The highest BCUT2D eigenvalue weighted by Crippen LogP contribution is 2.20. The van der Waals surface area contributed by atoms with Crippen molar-refractivity contribution in [1.29, 1.82) is 0 Å². The van der Waals surface area contributed by atoms with Crippen LogP contribution in [0.2, 0.25) is 0 Å². The van der Waals surface area contributed by atoms with Crippen LogP contribution in [0.25, 0.3) is 0 Å². The van der Waals surface area contributed by atoms with Crippen LogP contribution in [0, 0.1) is 0 Å². The molecule has 0 aliphatic heterocycles. The zero-order valence-corrected chi connectivity index (χ0v) is 11.1. The smallest absolute Gasteiger partial charge is 0.422 e. The van der Waals surface area contributed by atoms with Gasteiger partial charge in [0.25, 0.3) is 0 Å². The van der Waals surface area contributed by atoms with Gasteiger partial charge in [-0.3, -0.25) is 0 Å². The van der Waals surface area contributed by atoms with Crippen LogP contribution in [-0.2, 0) is 4.74 Å². The highest BCUT2D eigenvalue weighted by molar-refractivity contribution is 5.47. The van der Waals surface area contributed by atoms with E-state index in [4.69, 9.17) is 4.74 Å². The van der Waals surface area contributed by atoms with Gasteiger partial charge in [0.1, 0.15) is 5.75 Å². The fraction of sp³-hybridized carbons (Fsp3) is 0.538. The standard InChI is InChI=1S/C13H18F3NO2/c1-9(10(2)18-3)17-11-4-6-12(7-5-11)19-8-13(14,15)16/h4-7,9-10,17H,8H2,1-3H3. The molecule has 0 bridgehead atoms. The Hall–Kier alpha value is -1.43. The molecule has 0 saturated heterocycles. The third-order valence-corrected chi connectivity index (χ3v) is 2.73. The van der Waals surface area contributed by atoms with Crippen molar-refractivity contribution in [3.8, 4) is 5.75 Å². The van der Waals surface area contributed by atoms with E-state index >= 15 is 0 Å². The average Bonchev–Trinajstić information content (AvgIpc) is 2.36. The van der Waals surface area contributed by atoms with Crippen LogP contribution >= 0.6 is 0 Å². The largest absolute Gasteiger partial charge is 0.484 e. The number of halogens is 3. The molecule has 0 amide bonds. The second kappa shape index (κ2) is 6.65. The molecule has 1 aromatic carbocycles. The molecule has 0 radical (unpaired) electrons. The molecule has 1 rings (SSSR count). The number of rotatable bonds is 6. The van der Waals surface area contributed by atoms with Crippen LogP contribution in [0.5, 0.6) is 5.75 Å². The third kappa shape index (κ3) is 5.83. The fourth-order valence-corrected chi connectivity index (χ4v) is 1.40. The number of nitrogens with one attached hydrogen (secondary N) is 1. The first kappa shape index (κ1) is 15.6. The molecule has 0 aliphatic rings. The molecular weight excluding hydrogens is 259 g/mol. The Morgan fingerprint density at radius 2 is 1.74 bits per heavy atom. The summed E-state index contributed by atoms with van der Waals surface area (Å²) in [5.74, 6) is 0.190. The number of benzene rings is 1. The van der Waals surface area contributed by atoms with Gasteiger partial charge in [-0.05, 0) is 38.1 Å². The second-order valence-corrected chi connectivity index (χ2v) is 4.30. The molecule has 0 spiro atoms. The van der Waals surface area contributed by atoms with Crippen molar-refractivity contribution in [1.82, 2.24) is 0 Å². The lowest BCUT2D eigenvalue weighted by Gasteiger charge is -2.21. The van der Waals surface area contributed by atoms with Crippen molar-refractivity contribution in [3.05, 3.63) is 24.3 Å². The van der Waals surface area contributed by atoms with E-state index in [9.17, 15) is 13.2 Å². The zero-order chi connectivity index (χ0) is 14.5. The summed E-state index contributed by atoms with van der Waals surface area (Å²) >= 11 is 0. The van der Waals surface area contributed by atoms with Gasteiger partial charge in [-0.25, -0.2) is 0 Å². The predicted octanol–water partition coefficient (Wildman–Crippen LogP) is 3.46. The van der Waals surface area contributed by atoms with Gasteiger partial charge in [0.15, 0.2) is 6.61 Å². The van der Waals surface area contributed by atoms with E-state index in [0.29, 0.717) is 0 Å². The predicted molar refractivity (Wildman–Crippen MR) is 67.5 cm³/mol. The summed E-state index contributed by atoms with van der Waals surface area (Å²) in [6.45, 7) is 2.61. The number of alkyl halides is 3. The summed E-state index contributed by atoms with van der Waals surface area (Å²) in [4.78, 5) is 0. The highest BCUT2D eigenvalue weighted by Gasteiger charge is 2.28. The molecule has 0 heterocycles. The minimum absolute atomic E-state index is 0.0288. The Morgan fingerprint density at radius 1 is 1.16 bits per heavy atom. The van der Waals surface area contributed by atoms with Crippen molar-refractivity contribution in [2.75, 3.05) is 19.0 Å². The summed E-state index contributed by atoms with van der Waals surface area (Å²) in [6, 6.07) is 6.43. The van der Waals surface area contributed by atoms with Gasteiger partial charge in [-0.1, -0.05) is 0 Å². The van der Waals surface area contributed by atoms with Crippen molar-refractivity contribution >= 4 is 5.69 Å². The van der Waals surface area contributed by atoms with Gasteiger partial charge in [0.05, 0.1) is 6.10 Å². The Kier molecular flexibility index (Phi) is 5.47. The first-order valence-corrected chi connectivity index (χ1v) is 5.91. The van der Waals surface area contributed by atoms with Crippen LogP contribution in [0.4, 0.5) is 18.9 Å². The van der Waals surface area contributed by atoms with Crippen molar-refractivity contribution in [2.45, 2.75) is 32.2 Å². The summed E-state index contributed by atoms with van der Waals surface area (Å²) in [5, 5.41) is 3.19. The molecule has 19 heavy (non-hydrogen) atoms. The first-order valence-electron chi connectivity index (χ1n) is 5.91. The lowest BCUT2D eigenvalue weighted by Crippen LogP contribution is -2.29. The Morgan fingerprint density at radius 3 is 2.21 bits per heavy atom. The molecule has 3 nitrogen and oxygen atoms in total. The summed E-state index contributed by atoms with van der Waals surface area (Å²) in [7, 11) is 1.62. The molecule has 0 aromatic heterocycles. The maximum atomic E-state index is 12.0. The molecule has 108 valence electrons. The van der Waals surface area contributed by atoms with Crippen molar-refractivity contribution in [3.63, 3.8) is 0 Å². The van der Waals surface area contributed by atoms with E-state index in [0.717, 1.165) is 5.69 Å². The number of hydrogen-bond acceptors (Lipinski definition) is 3. The van der Waals surface area contributed by atoms with E-state index < -0.39 is 12.8 Å². The number of ether oxygens (including phenoxy) is 2. The van der Waals surface area contributed by atoms with Gasteiger partial charge in [0.2, 0.25) is 0 Å². The SMILES string of the molecule is COC(C)C(C)Nc1ccc(OCC(F)(F)F)cc1. The summed E-state index contributed by atoms with van der Waals surface area (Å²) < 4.78 is 45.7. The maximum absolute atomic E-state index is 12.0. The van der Waals surface area contributed by atoms with Crippen LogP contribution in [0.15, 0.2) is 24.3 Å². The molecule has 2 unspecified atom stereocenters. The second-order valence-electron chi connectivity index (χ2n) is 4.30. The first-order chi connectivity index (χ1) is 8.81. The lowest BCUT2D eigenvalue weighted by atomic mass is 10.2. The molecule has 2 atom stereocenters. The minimum Gasteiger partial charge on any atom is -0.484 e. The van der Waals surface area contributed by atoms with Crippen LogP contribution in [0.1, 0.15) is 13.8 Å². The fourth-order valence-electron chi connectivity index (χ4n) is 1.40. The average molecular weight is 277 g/mol. The Bertz CT molecular complexity index is 378. The molecule has 0 aliphatic carbocycles. The topological polar surface area (TPSA) is 30.5 Å². The van der Waals surface area contributed by atoms with Gasteiger partial charge < -0.3 is 14.8 Å². The summed E-state index contributed by atoms with van der Waals surface area (Å²) in [5.41, 5.74) is 0.802. The molecular formula is C13H18F3NO2. The van der Waals surface area contributed by atoms with Gasteiger partial charge in [-0.15, -0.1) is 0 Å². The van der Waals surface area contributed by atoms with E-state index in [2.05, 4.69) is 10.1 Å². The molecule has 0 fully saturated rings. The van der Waals surface area contributed by atoms with Crippen LogP contribution < -0.4 is 10.1 Å². The monoisotopic (exact) mass is 277 g/mol. The zero-order valence-electron chi connectivity index (χ0n) is 11.1. The van der Waals surface area contributed by atoms with Crippen LogP contribution in [0.3, 0.4) is 0 Å². The Balaban J connectivity index is 2.52. The van der Waals surface area contributed by atoms with Crippen molar-refractivity contribution < 1.29 is 22.6 Å². The van der Waals surface area contributed by atoms with Gasteiger partial charge >= 0.3 is 6.18 Å². The van der Waals surface area contributed by atoms with E-state index in [1.807, 2.05) is 13.8 Å². The maximum Gasteiger partial charge on any atom is 0.422 e. The summed E-state index contributed by atoms with van der Waals surface area (Å²) in [6.07, 6.45) is -4.29. The molecule has 1 N–H and O–H groups in total. The highest BCUT2D eigenvalue weighted by atomic mass is 19.4. The molecule has 1 aromatic rings. The number of hydrogen-bond donors (Lipinski definition) is 1. The van der Waals surface area contributed by atoms with Crippen molar-refractivity contribution in [2.24, 2.45) is 0 Å². The van der Waals surface area contributed by atoms with E-state index in [1.165, 1.54) is 12.1 Å². The normalized spacial score (nSPS) is 14.8. The quantitative estimate of drug-likeness (QED) is 0.863. The van der Waals surface area contributed by atoms with E-state index in [-0.39, 0.29) is 17.9 Å². The lowest BCUT2D eigenvalue weighted by molar-refractivity contribution is -0.153. The van der Waals surface area contributed by atoms with Gasteiger partial charge in [0, 0.05) is 18.8 Å². The molecule has 6 heteroatoms. The van der Waals surface area contributed by atoms with E-state index in [1.54, 1.807) is 19.2 Å². The minimum atomic E-state index is -4.32. The van der Waals surface area contributed by atoms with Crippen LogP contribution in [-0.4, -0.2) is 32.0 Å². The number of methoxy groups -OCH3 is 1. The Labute approximate surface area is 110 Å². The number of anilines is 1.